The normalized spacial score (nSPS) is 17.5. The van der Waals surface area contributed by atoms with E-state index in [4.69, 9.17) is 0 Å². The van der Waals surface area contributed by atoms with E-state index in [1.54, 1.807) is 12.1 Å². The van der Waals surface area contributed by atoms with Crippen LogP contribution in [0, 0.1) is 11.3 Å². The third-order valence-corrected chi connectivity index (χ3v) is 5.38. The Labute approximate surface area is 172 Å². The van der Waals surface area contributed by atoms with Gasteiger partial charge in [-0.25, -0.2) is 0 Å². The van der Waals surface area contributed by atoms with Crippen molar-refractivity contribution in [2.24, 2.45) is 0 Å². The molecule has 138 valence electrons. The van der Waals surface area contributed by atoms with E-state index in [1.165, 1.54) is 6.08 Å². The summed E-state index contributed by atoms with van der Waals surface area (Å²) in [7, 11) is 0. The molecule has 0 spiro atoms. The summed E-state index contributed by atoms with van der Waals surface area (Å²) < 4.78 is 0.918. The van der Waals surface area contributed by atoms with Crippen LogP contribution in [0.15, 0.2) is 88.2 Å². The highest BCUT2D eigenvalue weighted by atomic mass is 79.9. The Hall–Kier alpha value is -3.10. The zero-order valence-electron chi connectivity index (χ0n) is 15.2. The lowest BCUT2D eigenvalue weighted by Gasteiger charge is -2.39. The molecule has 0 aromatic heterocycles. The molecular formula is C23H18BrN3O. The Kier molecular flexibility index (Phi) is 5.14. The van der Waals surface area contributed by atoms with Crippen molar-refractivity contribution in [1.82, 2.24) is 10.2 Å². The zero-order chi connectivity index (χ0) is 19.5. The number of benzene rings is 2. The number of nitriles is 1. The van der Waals surface area contributed by atoms with Crippen LogP contribution in [0.2, 0.25) is 0 Å². The van der Waals surface area contributed by atoms with Crippen molar-refractivity contribution in [3.63, 3.8) is 0 Å². The number of carbonyl (C=O) groups is 1. The monoisotopic (exact) mass is 431 g/mol. The van der Waals surface area contributed by atoms with Crippen molar-refractivity contribution in [2.45, 2.75) is 6.42 Å². The standard InChI is InChI=1S/C23H18BrN3O/c24-19-9-7-17(8-10-19)22(28)21-18(11-12-25)15-20(16-5-2-1-3-6-16)27-14-4-13-26-23(21)27/h1-3,5-11,15,26H,4,13-14H2/b18-11-. The van der Waals surface area contributed by atoms with Gasteiger partial charge in [-0.05, 0) is 42.3 Å². The van der Waals surface area contributed by atoms with Crippen LogP contribution in [0.4, 0.5) is 0 Å². The molecule has 28 heavy (non-hydrogen) atoms. The van der Waals surface area contributed by atoms with Crippen LogP contribution in [0.25, 0.3) is 5.70 Å². The molecule has 5 heteroatoms. The summed E-state index contributed by atoms with van der Waals surface area (Å²) in [5, 5.41) is 12.8. The van der Waals surface area contributed by atoms with E-state index in [9.17, 15) is 10.1 Å². The van der Waals surface area contributed by atoms with Crippen LogP contribution in [0.5, 0.6) is 0 Å². The van der Waals surface area contributed by atoms with E-state index in [0.29, 0.717) is 16.7 Å². The van der Waals surface area contributed by atoms with Crippen molar-refractivity contribution in [3.8, 4) is 6.07 Å². The summed E-state index contributed by atoms with van der Waals surface area (Å²) in [6, 6.07) is 19.5. The minimum atomic E-state index is -0.0910. The molecule has 0 amide bonds. The first kappa shape index (κ1) is 18.3. The number of nitrogens with one attached hydrogen (secondary N) is 1. The van der Waals surface area contributed by atoms with Gasteiger partial charge in [-0.15, -0.1) is 0 Å². The molecule has 2 aliphatic rings. The lowest BCUT2D eigenvalue weighted by molar-refractivity contribution is 0.103. The fourth-order valence-electron chi connectivity index (χ4n) is 3.57. The Morgan fingerprint density at radius 3 is 2.61 bits per heavy atom. The predicted octanol–water partition coefficient (Wildman–Crippen LogP) is 4.64. The van der Waals surface area contributed by atoms with Crippen molar-refractivity contribution in [2.75, 3.05) is 13.1 Å². The molecule has 2 aromatic carbocycles. The summed E-state index contributed by atoms with van der Waals surface area (Å²) in [5.41, 5.74) is 3.83. The number of hydrogen-bond donors (Lipinski definition) is 1. The Balaban J connectivity index is 1.86. The van der Waals surface area contributed by atoms with E-state index < -0.39 is 0 Å². The third kappa shape index (κ3) is 3.39. The first-order valence-electron chi connectivity index (χ1n) is 9.12. The molecule has 0 aliphatic carbocycles. The number of rotatable bonds is 3. The molecule has 2 heterocycles. The van der Waals surface area contributed by atoms with Crippen LogP contribution < -0.4 is 5.32 Å². The third-order valence-electron chi connectivity index (χ3n) is 4.85. The minimum Gasteiger partial charge on any atom is -0.371 e. The summed E-state index contributed by atoms with van der Waals surface area (Å²) in [6.07, 6.45) is 4.38. The average molecular weight is 432 g/mol. The van der Waals surface area contributed by atoms with E-state index >= 15 is 0 Å². The minimum absolute atomic E-state index is 0.0910. The van der Waals surface area contributed by atoms with Crippen molar-refractivity contribution in [1.29, 1.82) is 5.26 Å². The zero-order valence-corrected chi connectivity index (χ0v) is 16.7. The summed E-state index contributed by atoms with van der Waals surface area (Å²) in [5.74, 6) is 0.689. The molecule has 0 unspecified atom stereocenters. The molecule has 1 N–H and O–H groups in total. The highest BCUT2D eigenvalue weighted by Gasteiger charge is 2.32. The Morgan fingerprint density at radius 2 is 1.89 bits per heavy atom. The molecule has 2 aliphatic heterocycles. The van der Waals surface area contributed by atoms with E-state index in [0.717, 1.165) is 41.1 Å². The van der Waals surface area contributed by atoms with Crippen LogP contribution in [-0.2, 0) is 0 Å². The number of fused-ring (bicyclic) bond motifs is 1. The summed E-state index contributed by atoms with van der Waals surface area (Å²) in [6.45, 7) is 1.62. The number of allylic oxidation sites excluding steroid dienone is 4. The van der Waals surface area contributed by atoms with Crippen LogP contribution in [0.3, 0.4) is 0 Å². The van der Waals surface area contributed by atoms with Gasteiger partial charge < -0.3 is 10.2 Å². The number of ketones is 1. The molecule has 2 aromatic rings. The van der Waals surface area contributed by atoms with E-state index in [1.807, 2.05) is 48.5 Å². The molecule has 0 bridgehead atoms. The van der Waals surface area contributed by atoms with Crippen LogP contribution in [-0.4, -0.2) is 23.8 Å². The average Bonchev–Trinajstić information content (AvgIpc) is 2.74. The van der Waals surface area contributed by atoms with Crippen LogP contribution in [0.1, 0.15) is 22.3 Å². The molecule has 0 saturated carbocycles. The van der Waals surface area contributed by atoms with E-state index in [-0.39, 0.29) is 5.78 Å². The largest absolute Gasteiger partial charge is 0.371 e. The summed E-state index contributed by atoms with van der Waals surface area (Å²) >= 11 is 3.41. The maximum absolute atomic E-state index is 13.4. The Bertz CT molecular complexity index is 1040. The number of carbonyl (C=O) groups excluding carboxylic acids is 1. The second-order valence-corrected chi connectivity index (χ2v) is 7.53. The number of hydrogen-bond acceptors (Lipinski definition) is 4. The molecular weight excluding hydrogens is 414 g/mol. The first-order valence-corrected chi connectivity index (χ1v) is 9.91. The van der Waals surface area contributed by atoms with Gasteiger partial charge in [0.15, 0.2) is 5.78 Å². The fraction of sp³-hybridized carbons (Fsp3) is 0.130. The molecule has 1 saturated heterocycles. The maximum atomic E-state index is 13.4. The quantitative estimate of drug-likeness (QED) is 0.567. The second-order valence-electron chi connectivity index (χ2n) is 6.62. The molecule has 4 nitrogen and oxygen atoms in total. The highest BCUT2D eigenvalue weighted by molar-refractivity contribution is 9.10. The number of nitrogens with zero attached hydrogens (tertiary/aromatic N) is 2. The van der Waals surface area contributed by atoms with Gasteiger partial charge in [0, 0.05) is 34.8 Å². The van der Waals surface area contributed by atoms with Gasteiger partial charge in [0.05, 0.1) is 17.3 Å². The summed E-state index contributed by atoms with van der Waals surface area (Å²) in [4.78, 5) is 15.5. The van der Waals surface area contributed by atoms with Gasteiger partial charge in [-0.3, -0.25) is 4.79 Å². The number of halogens is 1. The number of Topliss-reactive ketones (excluding diaryl/α,β-unsaturated/α-hetero) is 1. The van der Waals surface area contributed by atoms with Gasteiger partial charge in [0.25, 0.3) is 0 Å². The molecule has 1 fully saturated rings. The highest BCUT2D eigenvalue weighted by Crippen LogP contribution is 2.36. The molecule has 0 radical (unpaired) electrons. The maximum Gasteiger partial charge on any atom is 0.197 e. The lowest BCUT2D eigenvalue weighted by Crippen LogP contribution is -2.42. The van der Waals surface area contributed by atoms with Gasteiger partial charge in [0.1, 0.15) is 5.82 Å². The van der Waals surface area contributed by atoms with E-state index in [2.05, 4.69) is 32.2 Å². The van der Waals surface area contributed by atoms with Gasteiger partial charge in [0.2, 0.25) is 0 Å². The van der Waals surface area contributed by atoms with Gasteiger partial charge in [-0.2, -0.15) is 5.26 Å². The second kappa shape index (κ2) is 7.87. The van der Waals surface area contributed by atoms with Crippen molar-refractivity contribution >= 4 is 27.4 Å². The first-order chi connectivity index (χ1) is 13.7. The smallest absolute Gasteiger partial charge is 0.197 e. The van der Waals surface area contributed by atoms with Crippen LogP contribution >= 0.6 is 15.9 Å². The SMILES string of the molecule is N#C/C=C1/C=C(c2ccccc2)N2CCCNC2=C1C(=O)c1ccc(Br)cc1. The van der Waals surface area contributed by atoms with Gasteiger partial charge in [-0.1, -0.05) is 46.3 Å². The van der Waals surface area contributed by atoms with Crippen molar-refractivity contribution in [3.05, 3.63) is 99.3 Å². The molecule has 0 atom stereocenters. The fourth-order valence-corrected chi connectivity index (χ4v) is 3.83. The predicted molar refractivity (Wildman–Crippen MR) is 113 cm³/mol. The lowest BCUT2D eigenvalue weighted by atomic mass is 9.90. The topological polar surface area (TPSA) is 56.1 Å². The molecule has 4 rings (SSSR count). The van der Waals surface area contributed by atoms with Crippen molar-refractivity contribution < 1.29 is 4.79 Å². The Morgan fingerprint density at radius 1 is 1.14 bits per heavy atom. The van der Waals surface area contributed by atoms with Gasteiger partial charge >= 0.3 is 0 Å².